The zero-order chi connectivity index (χ0) is 16.4. The van der Waals surface area contributed by atoms with Crippen molar-refractivity contribution in [1.29, 1.82) is 0 Å². The molecule has 1 saturated heterocycles. The van der Waals surface area contributed by atoms with Crippen LogP contribution in [0.4, 0.5) is 0 Å². The summed E-state index contributed by atoms with van der Waals surface area (Å²) in [7, 11) is -2.67. The quantitative estimate of drug-likeness (QED) is 0.801. The summed E-state index contributed by atoms with van der Waals surface area (Å²) in [6, 6.07) is 4.20. The lowest BCUT2D eigenvalue weighted by Crippen LogP contribution is -2.50. The van der Waals surface area contributed by atoms with E-state index in [0.717, 1.165) is 0 Å². The smallest absolute Gasteiger partial charge is 0.305 e. The van der Waals surface area contributed by atoms with Gasteiger partial charge in [-0.2, -0.15) is 0 Å². The van der Waals surface area contributed by atoms with Gasteiger partial charge >= 0.3 is 5.97 Å². The highest BCUT2D eigenvalue weighted by atomic mass is 35.5. The number of hydrogen-bond acceptors (Lipinski definition) is 5. The Hall–Kier alpha value is -1.35. The molecule has 0 saturated carbocycles. The van der Waals surface area contributed by atoms with Crippen LogP contribution in [0.3, 0.4) is 0 Å². The number of halogens is 1. The van der Waals surface area contributed by atoms with E-state index in [1.165, 1.54) is 25.3 Å². The third-order valence-electron chi connectivity index (χ3n) is 3.36. The number of methoxy groups -OCH3 is 1. The van der Waals surface area contributed by atoms with Crippen molar-refractivity contribution in [2.24, 2.45) is 0 Å². The van der Waals surface area contributed by atoms with Gasteiger partial charge in [-0.25, -0.2) is 13.1 Å². The lowest BCUT2D eigenvalue weighted by atomic mass is 9.96. The van der Waals surface area contributed by atoms with Crippen LogP contribution >= 0.6 is 11.6 Å². The van der Waals surface area contributed by atoms with Crippen LogP contribution in [0.5, 0.6) is 5.75 Å². The Bertz CT molecular complexity index is 669. The highest BCUT2D eigenvalue weighted by Crippen LogP contribution is 2.30. The summed E-state index contributed by atoms with van der Waals surface area (Å²) in [5.74, 6) is -0.979. The Morgan fingerprint density at radius 3 is 2.82 bits per heavy atom. The number of aliphatic carboxylic acids is 1. The minimum absolute atomic E-state index is 0.00140. The Morgan fingerprint density at radius 1 is 1.55 bits per heavy atom. The van der Waals surface area contributed by atoms with Crippen LogP contribution in [0.1, 0.15) is 12.8 Å². The molecule has 9 heteroatoms. The van der Waals surface area contributed by atoms with Crippen molar-refractivity contribution < 1.29 is 27.8 Å². The maximum Gasteiger partial charge on any atom is 0.305 e. The number of carboxylic acids is 1. The molecule has 0 bridgehead atoms. The molecule has 1 fully saturated rings. The van der Waals surface area contributed by atoms with Crippen molar-refractivity contribution in [3.05, 3.63) is 23.2 Å². The molecule has 2 rings (SSSR count). The molecule has 0 aromatic heterocycles. The second kappa shape index (κ2) is 6.41. The second-order valence-electron chi connectivity index (χ2n) is 5.05. The zero-order valence-electron chi connectivity index (χ0n) is 11.8. The Kier molecular flexibility index (Phi) is 4.96. The van der Waals surface area contributed by atoms with Gasteiger partial charge in [0.15, 0.2) is 0 Å². The number of hydrogen-bond donors (Lipinski definition) is 2. The number of nitrogens with one attached hydrogen (secondary N) is 1. The van der Waals surface area contributed by atoms with Gasteiger partial charge in [0.05, 0.1) is 25.7 Å². The second-order valence-corrected chi connectivity index (χ2v) is 7.14. The standard InChI is InChI=1S/C13H16ClNO6S/c1-20-10-3-2-9(14)6-11(10)22(18,19)15-13(7-12(16)17)4-5-21-8-13/h2-3,6,15H,4-5,7-8H2,1H3,(H,16,17). The van der Waals surface area contributed by atoms with Crippen LogP contribution < -0.4 is 9.46 Å². The van der Waals surface area contributed by atoms with E-state index in [0.29, 0.717) is 6.61 Å². The van der Waals surface area contributed by atoms with E-state index < -0.39 is 21.5 Å². The molecule has 1 unspecified atom stereocenters. The molecular weight excluding hydrogens is 334 g/mol. The van der Waals surface area contributed by atoms with Crippen molar-refractivity contribution in [1.82, 2.24) is 4.72 Å². The molecule has 2 N–H and O–H groups in total. The average Bonchev–Trinajstić information content (AvgIpc) is 2.85. The first kappa shape index (κ1) is 17.0. The number of carbonyl (C=O) groups is 1. The van der Waals surface area contributed by atoms with Gasteiger partial charge in [0.1, 0.15) is 10.6 Å². The normalized spacial score (nSPS) is 21.7. The highest BCUT2D eigenvalue weighted by molar-refractivity contribution is 7.89. The molecule has 1 atom stereocenters. The van der Waals surface area contributed by atoms with Crippen molar-refractivity contribution in [3.63, 3.8) is 0 Å². The summed E-state index contributed by atoms with van der Waals surface area (Å²) in [6.45, 7) is 0.296. The van der Waals surface area contributed by atoms with Gasteiger partial charge in [-0.05, 0) is 24.6 Å². The fourth-order valence-corrected chi connectivity index (χ4v) is 4.20. The lowest BCUT2D eigenvalue weighted by Gasteiger charge is -2.27. The summed E-state index contributed by atoms with van der Waals surface area (Å²) in [6.07, 6.45) is -0.0868. The third kappa shape index (κ3) is 3.70. The summed E-state index contributed by atoms with van der Waals surface area (Å²) in [4.78, 5) is 10.9. The summed E-state index contributed by atoms with van der Waals surface area (Å²) in [5, 5.41) is 9.25. The van der Waals surface area contributed by atoms with E-state index in [1.807, 2.05) is 0 Å². The van der Waals surface area contributed by atoms with Gasteiger partial charge in [-0.1, -0.05) is 11.6 Å². The molecule has 7 nitrogen and oxygen atoms in total. The molecule has 1 aliphatic heterocycles. The molecule has 1 aromatic carbocycles. The van der Waals surface area contributed by atoms with Gasteiger partial charge in [0, 0.05) is 11.6 Å². The summed E-state index contributed by atoms with van der Waals surface area (Å²) >= 11 is 5.85. The van der Waals surface area contributed by atoms with Crippen molar-refractivity contribution in [2.75, 3.05) is 20.3 Å². The predicted molar refractivity (Wildman–Crippen MR) is 78.7 cm³/mol. The van der Waals surface area contributed by atoms with Gasteiger partial charge in [-0.15, -0.1) is 0 Å². The maximum atomic E-state index is 12.6. The Morgan fingerprint density at radius 2 is 2.27 bits per heavy atom. The SMILES string of the molecule is COc1ccc(Cl)cc1S(=O)(=O)NC1(CC(=O)O)CCOC1. The molecule has 0 radical (unpaired) electrons. The fourth-order valence-electron chi connectivity index (χ4n) is 2.35. The molecule has 0 spiro atoms. The monoisotopic (exact) mass is 349 g/mol. The van der Waals surface area contributed by atoms with Crippen molar-refractivity contribution >= 4 is 27.6 Å². The number of sulfonamides is 1. The van der Waals surface area contributed by atoms with Crippen LogP contribution in [0, 0.1) is 0 Å². The Labute approximate surface area is 133 Å². The van der Waals surface area contributed by atoms with E-state index in [-0.39, 0.29) is 35.1 Å². The third-order valence-corrected chi connectivity index (χ3v) is 5.19. The minimum Gasteiger partial charge on any atom is -0.495 e. The molecule has 1 aromatic rings. The lowest BCUT2D eigenvalue weighted by molar-refractivity contribution is -0.138. The molecule has 0 amide bonds. The topological polar surface area (TPSA) is 102 Å². The molecule has 22 heavy (non-hydrogen) atoms. The van der Waals surface area contributed by atoms with Gasteiger partial charge in [0.25, 0.3) is 0 Å². The van der Waals surface area contributed by atoms with E-state index >= 15 is 0 Å². The first-order valence-electron chi connectivity index (χ1n) is 6.45. The predicted octanol–water partition coefficient (Wildman–Crippen LogP) is 1.26. The number of benzene rings is 1. The minimum atomic E-state index is -4.02. The van der Waals surface area contributed by atoms with Crippen LogP contribution in [0.2, 0.25) is 5.02 Å². The molecular formula is C13H16ClNO6S. The maximum absolute atomic E-state index is 12.6. The zero-order valence-corrected chi connectivity index (χ0v) is 13.4. The summed E-state index contributed by atoms with van der Waals surface area (Å²) in [5.41, 5.74) is -1.17. The van der Waals surface area contributed by atoms with Crippen molar-refractivity contribution in [2.45, 2.75) is 23.3 Å². The average molecular weight is 350 g/mol. The van der Waals surface area contributed by atoms with Gasteiger partial charge in [0.2, 0.25) is 10.0 Å². The van der Waals surface area contributed by atoms with E-state index in [9.17, 15) is 13.2 Å². The molecule has 122 valence electrons. The van der Waals surface area contributed by atoms with Crippen LogP contribution in [0.15, 0.2) is 23.1 Å². The van der Waals surface area contributed by atoms with Gasteiger partial charge < -0.3 is 14.6 Å². The molecule has 1 aliphatic rings. The van der Waals surface area contributed by atoms with E-state index in [1.54, 1.807) is 0 Å². The number of rotatable bonds is 6. The highest BCUT2D eigenvalue weighted by Gasteiger charge is 2.41. The fraction of sp³-hybridized carbons (Fsp3) is 0.462. The van der Waals surface area contributed by atoms with Gasteiger partial charge in [-0.3, -0.25) is 4.79 Å². The first-order chi connectivity index (χ1) is 10.3. The van der Waals surface area contributed by atoms with E-state index in [2.05, 4.69) is 4.72 Å². The molecule has 0 aliphatic carbocycles. The van der Waals surface area contributed by atoms with Crippen molar-refractivity contribution in [3.8, 4) is 5.75 Å². The summed E-state index contributed by atoms with van der Waals surface area (Å²) < 4.78 is 37.9. The number of carboxylic acid groups (broad SMARTS) is 1. The largest absolute Gasteiger partial charge is 0.495 e. The van der Waals surface area contributed by atoms with E-state index in [4.69, 9.17) is 26.2 Å². The van der Waals surface area contributed by atoms with Crippen LogP contribution in [-0.4, -0.2) is 45.4 Å². The number of ether oxygens (including phenoxy) is 2. The molecule has 1 heterocycles. The Balaban J connectivity index is 2.38. The van der Waals surface area contributed by atoms with Crippen LogP contribution in [0.25, 0.3) is 0 Å². The first-order valence-corrected chi connectivity index (χ1v) is 8.31. The van der Waals surface area contributed by atoms with Crippen LogP contribution in [-0.2, 0) is 19.6 Å².